The summed E-state index contributed by atoms with van der Waals surface area (Å²) < 4.78 is 67.7. The molecule has 0 aromatic carbocycles. The van der Waals surface area contributed by atoms with Crippen molar-refractivity contribution < 1.29 is 31.8 Å². The van der Waals surface area contributed by atoms with Crippen LogP contribution in [0.2, 0.25) is 0 Å². The Bertz CT molecular complexity index is 73.3. The van der Waals surface area contributed by atoms with Gasteiger partial charge in [0, 0.05) is 0 Å². The third kappa shape index (κ3) is 319. The molecule has 0 aliphatic heterocycles. The van der Waals surface area contributed by atoms with Crippen LogP contribution < -0.4 is 16.6 Å². The van der Waals surface area contributed by atoms with Crippen LogP contribution in [0.3, 0.4) is 0 Å². The van der Waals surface area contributed by atoms with Crippen molar-refractivity contribution in [1.82, 2.24) is 0 Å². The van der Waals surface area contributed by atoms with E-state index in [1.165, 1.54) is 0 Å². The van der Waals surface area contributed by atoms with E-state index in [1.807, 2.05) is 0 Å². The summed E-state index contributed by atoms with van der Waals surface area (Å²) in [6.45, 7) is 0. The second-order valence-electron chi connectivity index (χ2n) is 0.385. The minimum absolute atomic E-state index is 0. The maximum absolute atomic E-state index is 8.46. The van der Waals surface area contributed by atoms with Gasteiger partial charge >= 0.3 is 169 Å². The Hall–Kier alpha value is 3.05. The van der Waals surface area contributed by atoms with Crippen molar-refractivity contribution in [3.63, 3.8) is 0 Å². The second kappa shape index (κ2) is 73.1. The zero-order valence-electron chi connectivity index (χ0n) is 6.99. The molecule has 0 aromatic rings. The van der Waals surface area contributed by atoms with E-state index >= 15 is 0 Å². The molecule has 0 rings (SSSR count). The molecule has 0 N–H and O–H groups in total. The molecular formula is Al4Ca2O8. The van der Waals surface area contributed by atoms with Crippen molar-refractivity contribution in [3.8, 4) is 0 Å². The molecule has 0 heterocycles. The summed E-state index contributed by atoms with van der Waals surface area (Å²) in [5.41, 5.74) is 0. The topological polar surface area (TPSA) is 161 Å². The Balaban J connectivity index is -0.0000000145. The first-order chi connectivity index (χ1) is 5.66. The molecule has 0 saturated carbocycles. The van der Waals surface area contributed by atoms with Gasteiger partial charge in [0.1, 0.15) is 0 Å². The van der Waals surface area contributed by atoms with Crippen LogP contribution in [0.15, 0.2) is 0 Å². The van der Waals surface area contributed by atoms with Gasteiger partial charge in [0.2, 0.25) is 0 Å². The molecular weight excluding hydrogens is 316 g/mol. The molecule has 0 unspecified atom stereocenters. The molecule has 0 amide bonds. The summed E-state index contributed by atoms with van der Waals surface area (Å²) in [7, 11) is 0. The molecule has 0 spiro atoms. The van der Waals surface area contributed by atoms with E-state index in [9.17, 15) is 0 Å². The van der Waals surface area contributed by atoms with Crippen LogP contribution in [0.1, 0.15) is 0 Å². The van der Waals surface area contributed by atoms with Gasteiger partial charge in [0.25, 0.3) is 0 Å². The van der Waals surface area contributed by atoms with E-state index in [1.54, 1.807) is 0 Å². The summed E-state index contributed by atoms with van der Waals surface area (Å²) in [6.07, 6.45) is 0. The first kappa shape index (κ1) is 36.0. The third-order valence-corrected chi connectivity index (χ3v) is 0. The predicted molar refractivity (Wildman–Crippen MR) is 37.3 cm³/mol. The fourth-order valence-corrected chi connectivity index (χ4v) is 0. The van der Waals surface area contributed by atoms with Gasteiger partial charge in [-0.3, -0.25) is 0 Å². The van der Waals surface area contributed by atoms with Gasteiger partial charge in [-0.2, -0.15) is 0 Å². The Labute approximate surface area is 165 Å². The standard InChI is InChI=1S/4Al.2Ca.8O/q;;;;2*+2;;;;;4*-1. The van der Waals surface area contributed by atoms with Crippen LogP contribution in [-0.2, 0) is 15.2 Å². The Kier molecular flexibility index (Phi) is 188. The van der Waals surface area contributed by atoms with Crippen molar-refractivity contribution >= 4 is 137 Å². The molecule has 0 aromatic heterocycles. The van der Waals surface area contributed by atoms with Crippen molar-refractivity contribution in [3.05, 3.63) is 0 Å². The molecule has 14 heteroatoms. The SMILES string of the molecule is [Ca+2].[Ca+2].[O]=[Al][O-].[O]=[Al][O-].[O]=[Al][O-].[O]=[Al][O-]. The van der Waals surface area contributed by atoms with Crippen LogP contribution in [0.5, 0.6) is 0 Å². The van der Waals surface area contributed by atoms with Gasteiger partial charge in [0.05, 0.1) is 0 Å². The summed E-state index contributed by atoms with van der Waals surface area (Å²) >= 11 is -7.00. The molecule has 14 heavy (non-hydrogen) atoms. The van der Waals surface area contributed by atoms with Gasteiger partial charge < -0.3 is 0 Å². The summed E-state index contributed by atoms with van der Waals surface area (Å²) in [5, 5.41) is 0. The summed E-state index contributed by atoms with van der Waals surface area (Å²) in [4.78, 5) is 0. The summed E-state index contributed by atoms with van der Waals surface area (Å²) in [5.74, 6) is 0. The van der Waals surface area contributed by atoms with E-state index in [0.29, 0.717) is 0 Å². The number of rotatable bonds is 0. The predicted octanol–water partition coefficient (Wildman–Crippen LogP) is -7.52. The van der Waals surface area contributed by atoms with Crippen molar-refractivity contribution in [2.45, 2.75) is 0 Å². The zero-order valence-corrected chi connectivity index (χ0v) is 16.0. The van der Waals surface area contributed by atoms with Crippen molar-refractivity contribution in [2.75, 3.05) is 0 Å². The van der Waals surface area contributed by atoms with Gasteiger partial charge in [-0.1, -0.05) is 0 Å². The fraction of sp³-hybridized carbons (Fsp3) is 0. The van der Waals surface area contributed by atoms with Crippen molar-refractivity contribution in [1.29, 1.82) is 0 Å². The van der Waals surface area contributed by atoms with Gasteiger partial charge in [0.15, 0.2) is 0 Å². The van der Waals surface area contributed by atoms with Crippen LogP contribution in [-0.4, -0.2) is 137 Å². The Morgan fingerprint density at radius 2 is 0.500 bits per heavy atom. The van der Waals surface area contributed by atoms with Crippen molar-refractivity contribution in [2.24, 2.45) is 0 Å². The zero-order chi connectivity index (χ0) is 10.8. The quantitative estimate of drug-likeness (QED) is 0.398. The molecule has 0 aliphatic rings. The maximum atomic E-state index is 8.46. The first-order valence-corrected chi connectivity index (χ1v) is 5.66. The third-order valence-electron chi connectivity index (χ3n) is 0. The fourth-order valence-electron chi connectivity index (χ4n) is 0. The van der Waals surface area contributed by atoms with E-state index in [-0.39, 0.29) is 75.5 Å². The van der Waals surface area contributed by atoms with E-state index < -0.39 is 61.9 Å². The molecule has 0 fully saturated rings. The molecule has 0 aliphatic carbocycles. The Morgan fingerprint density at radius 1 is 0.500 bits per heavy atom. The average Bonchev–Trinajstić information content (AvgIpc) is 1.92. The molecule has 64 valence electrons. The van der Waals surface area contributed by atoms with Crippen LogP contribution >= 0.6 is 0 Å². The summed E-state index contributed by atoms with van der Waals surface area (Å²) in [6, 6.07) is 0. The minimum atomic E-state index is -1.75. The molecule has 8 nitrogen and oxygen atoms in total. The monoisotopic (exact) mass is 316 g/mol. The average molecular weight is 316 g/mol. The van der Waals surface area contributed by atoms with Crippen LogP contribution in [0.4, 0.5) is 0 Å². The molecule has 0 atom stereocenters. The van der Waals surface area contributed by atoms with Gasteiger partial charge in [-0.05, 0) is 0 Å². The van der Waals surface area contributed by atoms with Gasteiger partial charge in [-0.25, -0.2) is 0 Å². The van der Waals surface area contributed by atoms with E-state index in [0.717, 1.165) is 0 Å². The molecule has 0 radical (unpaired) electrons. The number of hydrogen-bond acceptors (Lipinski definition) is 8. The first-order valence-electron chi connectivity index (χ1n) is 1.89. The van der Waals surface area contributed by atoms with E-state index in [4.69, 9.17) is 31.8 Å². The molecule has 0 bridgehead atoms. The van der Waals surface area contributed by atoms with Crippen LogP contribution in [0, 0.1) is 0 Å². The number of hydrogen-bond donors (Lipinski definition) is 0. The van der Waals surface area contributed by atoms with Gasteiger partial charge in [-0.15, -0.1) is 0 Å². The van der Waals surface area contributed by atoms with E-state index in [2.05, 4.69) is 0 Å². The Morgan fingerprint density at radius 3 is 0.500 bits per heavy atom. The van der Waals surface area contributed by atoms with Crippen LogP contribution in [0.25, 0.3) is 0 Å². The molecule has 0 saturated heterocycles. The second-order valence-corrected chi connectivity index (χ2v) is 1.15. The normalized spacial score (nSPS) is 2.29.